The minimum absolute atomic E-state index is 0.450. The molecule has 0 aliphatic rings. The van der Waals surface area contributed by atoms with Crippen molar-refractivity contribution in [2.45, 2.75) is 6.92 Å². The highest BCUT2D eigenvalue weighted by atomic mass is 35.5. The number of rotatable bonds is 1. The van der Waals surface area contributed by atoms with Gasteiger partial charge in [0.2, 0.25) is 0 Å². The van der Waals surface area contributed by atoms with Gasteiger partial charge in [-0.05, 0) is 24.6 Å². The molecule has 0 aliphatic heterocycles. The maximum absolute atomic E-state index is 10.7. The molecule has 0 N–H and O–H groups in total. The molecule has 1 heterocycles. The summed E-state index contributed by atoms with van der Waals surface area (Å²) < 4.78 is 0. The molecule has 0 aliphatic carbocycles. The Morgan fingerprint density at radius 1 is 1.43 bits per heavy atom. The normalized spacial score (nSPS) is 10.4. The third-order valence-electron chi connectivity index (χ3n) is 2.14. The Bertz CT molecular complexity index is 508. The molecule has 0 radical (unpaired) electrons. The molecule has 3 heteroatoms. The van der Waals surface area contributed by atoms with Gasteiger partial charge in [0.25, 0.3) is 0 Å². The highest BCUT2D eigenvalue weighted by Crippen LogP contribution is 2.22. The molecule has 14 heavy (non-hydrogen) atoms. The van der Waals surface area contributed by atoms with Crippen LogP contribution in [0.15, 0.2) is 24.3 Å². The third-order valence-corrected chi connectivity index (χ3v) is 2.44. The van der Waals surface area contributed by atoms with Crippen LogP contribution >= 0.6 is 11.6 Å². The van der Waals surface area contributed by atoms with E-state index in [4.69, 9.17) is 11.6 Å². The summed E-state index contributed by atoms with van der Waals surface area (Å²) in [5.41, 5.74) is 2.00. The van der Waals surface area contributed by atoms with Crippen molar-refractivity contribution in [3.05, 3.63) is 40.5 Å². The van der Waals surface area contributed by atoms with Crippen LogP contribution in [0.2, 0.25) is 5.02 Å². The molecule has 0 spiro atoms. The molecule has 2 nitrogen and oxygen atoms in total. The molecule has 0 amide bonds. The standard InChI is InChI=1S/C11H8ClNO/c1-7-5-8-3-2-4-9(12)11(8)13-10(7)6-14/h2-6H,1H3. The van der Waals surface area contributed by atoms with E-state index in [-0.39, 0.29) is 0 Å². The van der Waals surface area contributed by atoms with Gasteiger partial charge in [-0.3, -0.25) is 4.79 Å². The van der Waals surface area contributed by atoms with E-state index in [1.165, 1.54) is 0 Å². The summed E-state index contributed by atoms with van der Waals surface area (Å²) in [7, 11) is 0. The molecule has 0 saturated carbocycles. The lowest BCUT2D eigenvalue weighted by atomic mass is 10.1. The van der Waals surface area contributed by atoms with Gasteiger partial charge in [-0.25, -0.2) is 4.98 Å². The van der Waals surface area contributed by atoms with Crippen LogP contribution in [0.5, 0.6) is 0 Å². The van der Waals surface area contributed by atoms with Crippen molar-refractivity contribution in [3.63, 3.8) is 0 Å². The molecule has 0 saturated heterocycles. The maximum atomic E-state index is 10.7. The number of para-hydroxylation sites is 1. The highest BCUT2D eigenvalue weighted by Gasteiger charge is 2.04. The summed E-state index contributed by atoms with van der Waals surface area (Å²) in [4.78, 5) is 14.9. The van der Waals surface area contributed by atoms with E-state index in [2.05, 4.69) is 4.98 Å². The van der Waals surface area contributed by atoms with Crippen LogP contribution in [0, 0.1) is 6.92 Å². The van der Waals surface area contributed by atoms with Gasteiger partial charge < -0.3 is 0 Å². The number of aromatic nitrogens is 1. The SMILES string of the molecule is Cc1cc2cccc(Cl)c2nc1C=O. The molecule has 2 rings (SSSR count). The molecule has 0 atom stereocenters. The van der Waals surface area contributed by atoms with E-state index in [1.807, 2.05) is 25.1 Å². The molecule has 1 aromatic heterocycles. The average Bonchev–Trinajstić information content (AvgIpc) is 2.17. The highest BCUT2D eigenvalue weighted by molar-refractivity contribution is 6.35. The minimum Gasteiger partial charge on any atom is -0.296 e. The zero-order valence-corrected chi connectivity index (χ0v) is 8.38. The van der Waals surface area contributed by atoms with Crippen molar-refractivity contribution in [2.75, 3.05) is 0 Å². The zero-order chi connectivity index (χ0) is 10.1. The first-order valence-electron chi connectivity index (χ1n) is 4.23. The fraction of sp³-hybridized carbons (Fsp3) is 0.0909. The van der Waals surface area contributed by atoms with E-state index in [9.17, 15) is 4.79 Å². The summed E-state index contributed by atoms with van der Waals surface area (Å²) in [5.74, 6) is 0. The topological polar surface area (TPSA) is 30.0 Å². The lowest BCUT2D eigenvalue weighted by molar-refractivity contribution is 0.111. The number of pyridine rings is 1. The van der Waals surface area contributed by atoms with Gasteiger partial charge in [0.1, 0.15) is 5.69 Å². The van der Waals surface area contributed by atoms with Gasteiger partial charge in [-0.2, -0.15) is 0 Å². The Morgan fingerprint density at radius 3 is 2.93 bits per heavy atom. The van der Waals surface area contributed by atoms with Crippen molar-refractivity contribution in [1.29, 1.82) is 0 Å². The number of aldehydes is 1. The van der Waals surface area contributed by atoms with Crippen LogP contribution < -0.4 is 0 Å². The number of fused-ring (bicyclic) bond motifs is 1. The molecular formula is C11H8ClNO. The third kappa shape index (κ3) is 1.38. The predicted octanol–water partition coefficient (Wildman–Crippen LogP) is 3.01. The van der Waals surface area contributed by atoms with Gasteiger partial charge in [0.15, 0.2) is 6.29 Å². The number of aryl methyl sites for hydroxylation is 1. The molecule has 0 fully saturated rings. The van der Waals surface area contributed by atoms with Gasteiger partial charge >= 0.3 is 0 Å². The Balaban J connectivity index is 2.86. The second-order valence-electron chi connectivity index (χ2n) is 3.12. The number of nitrogens with zero attached hydrogens (tertiary/aromatic N) is 1. The summed E-state index contributed by atoms with van der Waals surface area (Å²) >= 11 is 5.96. The average molecular weight is 206 g/mol. The Kier molecular flexibility index (Phi) is 2.22. The number of carbonyl (C=O) groups excluding carboxylic acids is 1. The Hall–Kier alpha value is -1.41. The maximum Gasteiger partial charge on any atom is 0.168 e. The van der Waals surface area contributed by atoms with E-state index in [0.717, 1.165) is 17.2 Å². The summed E-state index contributed by atoms with van der Waals surface area (Å²) in [6.07, 6.45) is 0.748. The van der Waals surface area contributed by atoms with Gasteiger partial charge in [0, 0.05) is 5.39 Å². The summed E-state index contributed by atoms with van der Waals surface area (Å²) in [6, 6.07) is 7.47. The first-order chi connectivity index (χ1) is 6.72. The van der Waals surface area contributed by atoms with E-state index < -0.39 is 0 Å². The number of carbonyl (C=O) groups is 1. The molecule has 0 bridgehead atoms. The van der Waals surface area contributed by atoms with E-state index >= 15 is 0 Å². The number of hydrogen-bond acceptors (Lipinski definition) is 2. The minimum atomic E-state index is 0.450. The predicted molar refractivity (Wildman–Crippen MR) is 56.9 cm³/mol. The largest absolute Gasteiger partial charge is 0.296 e. The van der Waals surface area contributed by atoms with Crippen LogP contribution in [-0.4, -0.2) is 11.3 Å². The number of benzene rings is 1. The fourth-order valence-electron chi connectivity index (χ4n) is 1.40. The Morgan fingerprint density at radius 2 is 2.21 bits per heavy atom. The molecule has 70 valence electrons. The first-order valence-corrected chi connectivity index (χ1v) is 4.61. The van der Waals surface area contributed by atoms with Crippen molar-refractivity contribution >= 4 is 28.8 Å². The van der Waals surface area contributed by atoms with Crippen molar-refractivity contribution in [2.24, 2.45) is 0 Å². The first kappa shape index (κ1) is 9.16. The lowest BCUT2D eigenvalue weighted by Crippen LogP contribution is -1.92. The van der Waals surface area contributed by atoms with Crippen LogP contribution in [0.3, 0.4) is 0 Å². The van der Waals surface area contributed by atoms with Crippen LogP contribution in [0.4, 0.5) is 0 Å². The smallest absolute Gasteiger partial charge is 0.168 e. The second kappa shape index (κ2) is 3.39. The molecule has 0 unspecified atom stereocenters. The summed E-state index contributed by atoms with van der Waals surface area (Å²) in [6.45, 7) is 1.86. The van der Waals surface area contributed by atoms with Gasteiger partial charge in [-0.15, -0.1) is 0 Å². The molecule has 1 aromatic carbocycles. The Labute approximate surface area is 86.5 Å². The van der Waals surface area contributed by atoms with Gasteiger partial charge in [-0.1, -0.05) is 23.7 Å². The lowest BCUT2D eigenvalue weighted by Gasteiger charge is -2.02. The molecular weight excluding hydrogens is 198 g/mol. The summed E-state index contributed by atoms with van der Waals surface area (Å²) in [5, 5.41) is 1.53. The van der Waals surface area contributed by atoms with Crippen LogP contribution in [-0.2, 0) is 0 Å². The van der Waals surface area contributed by atoms with Crippen molar-refractivity contribution in [1.82, 2.24) is 4.98 Å². The number of halogens is 1. The monoisotopic (exact) mass is 205 g/mol. The zero-order valence-electron chi connectivity index (χ0n) is 7.62. The number of hydrogen-bond donors (Lipinski definition) is 0. The second-order valence-corrected chi connectivity index (χ2v) is 3.53. The van der Waals surface area contributed by atoms with E-state index in [0.29, 0.717) is 16.2 Å². The van der Waals surface area contributed by atoms with Crippen molar-refractivity contribution < 1.29 is 4.79 Å². The molecule has 2 aromatic rings. The quantitative estimate of drug-likeness (QED) is 0.670. The van der Waals surface area contributed by atoms with E-state index in [1.54, 1.807) is 6.07 Å². The van der Waals surface area contributed by atoms with Gasteiger partial charge in [0.05, 0.1) is 10.5 Å². The van der Waals surface area contributed by atoms with Crippen LogP contribution in [0.25, 0.3) is 10.9 Å². The van der Waals surface area contributed by atoms with Crippen molar-refractivity contribution in [3.8, 4) is 0 Å². The fourth-order valence-corrected chi connectivity index (χ4v) is 1.63. The van der Waals surface area contributed by atoms with Crippen LogP contribution in [0.1, 0.15) is 16.1 Å².